The normalized spacial score (nSPS) is 10.3. The van der Waals surface area contributed by atoms with Gasteiger partial charge in [-0.1, -0.05) is 0 Å². The van der Waals surface area contributed by atoms with Crippen molar-refractivity contribution >= 4 is 5.91 Å². The van der Waals surface area contributed by atoms with E-state index in [-0.39, 0.29) is 11.5 Å². The average molecular weight is 259 g/mol. The highest BCUT2D eigenvalue weighted by Gasteiger charge is 2.15. The Morgan fingerprint density at radius 1 is 1.39 bits per heavy atom. The molecule has 4 nitrogen and oxygen atoms in total. The lowest BCUT2D eigenvalue weighted by molar-refractivity contribution is -0.131. The van der Waals surface area contributed by atoms with Crippen LogP contribution in [0.1, 0.15) is 12.5 Å². The van der Waals surface area contributed by atoms with E-state index < -0.39 is 30.6 Å². The number of aliphatic hydroxyl groups excluding tert-OH is 1. The third kappa shape index (κ3) is 3.40. The molecule has 1 rings (SSSR count). The molecule has 0 saturated heterocycles. The van der Waals surface area contributed by atoms with Gasteiger partial charge in [-0.3, -0.25) is 4.79 Å². The van der Waals surface area contributed by atoms with Crippen LogP contribution in [0.15, 0.2) is 12.1 Å². The Morgan fingerprint density at radius 3 is 2.39 bits per heavy atom. The highest BCUT2D eigenvalue weighted by Crippen LogP contribution is 2.23. The first kappa shape index (κ1) is 14.4. The van der Waals surface area contributed by atoms with Crippen molar-refractivity contribution in [1.82, 2.24) is 4.90 Å². The molecule has 0 atom stereocenters. The summed E-state index contributed by atoms with van der Waals surface area (Å²) in [7, 11) is 1.56. The molecule has 1 amide bonds. The molecule has 0 saturated carbocycles. The molecular weight excluding hydrogens is 244 g/mol. The molecule has 0 aliphatic carbocycles. The number of hydrogen-bond donors (Lipinski definition) is 1. The Balaban J connectivity index is 2.77. The van der Waals surface area contributed by atoms with E-state index in [1.165, 1.54) is 4.90 Å². The zero-order valence-corrected chi connectivity index (χ0v) is 10.2. The fourth-order valence-corrected chi connectivity index (χ4v) is 1.26. The van der Waals surface area contributed by atoms with Gasteiger partial charge in [0.25, 0.3) is 5.91 Å². The number of halogens is 2. The van der Waals surface area contributed by atoms with Crippen molar-refractivity contribution in [3.63, 3.8) is 0 Å². The second kappa shape index (κ2) is 6.30. The molecule has 0 heterocycles. The van der Waals surface area contributed by atoms with E-state index in [1.807, 2.05) is 0 Å². The van der Waals surface area contributed by atoms with Crippen LogP contribution in [0.3, 0.4) is 0 Å². The van der Waals surface area contributed by atoms with Gasteiger partial charge in [0.2, 0.25) is 0 Å². The predicted octanol–water partition coefficient (Wildman–Crippen LogP) is 1.31. The maximum Gasteiger partial charge on any atom is 0.260 e. The summed E-state index contributed by atoms with van der Waals surface area (Å²) < 4.78 is 31.7. The molecule has 1 N–H and O–H groups in total. The Kier molecular flexibility index (Phi) is 5.03. The van der Waals surface area contributed by atoms with Crippen molar-refractivity contribution in [2.75, 3.05) is 20.2 Å². The summed E-state index contributed by atoms with van der Waals surface area (Å²) in [5.74, 6) is -2.86. The molecule has 6 heteroatoms. The monoisotopic (exact) mass is 259 g/mol. The Morgan fingerprint density at radius 2 is 1.94 bits per heavy atom. The molecule has 0 fully saturated rings. The molecule has 0 spiro atoms. The Hall–Kier alpha value is -1.69. The minimum Gasteiger partial charge on any atom is -0.478 e. The third-order valence-electron chi connectivity index (χ3n) is 2.48. The van der Waals surface area contributed by atoms with Gasteiger partial charge in [0.05, 0.1) is 6.61 Å². The maximum absolute atomic E-state index is 13.4. The fourth-order valence-electron chi connectivity index (χ4n) is 1.26. The number of ether oxygens (including phenoxy) is 1. The molecule has 100 valence electrons. The van der Waals surface area contributed by atoms with Crippen molar-refractivity contribution in [2.24, 2.45) is 0 Å². The van der Waals surface area contributed by atoms with Crippen LogP contribution < -0.4 is 4.74 Å². The van der Waals surface area contributed by atoms with Gasteiger partial charge in [0.15, 0.2) is 24.0 Å². The van der Waals surface area contributed by atoms with Crippen molar-refractivity contribution in [2.45, 2.75) is 13.5 Å². The van der Waals surface area contributed by atoms with Crippen LogP contribution in [0.2, 0.25) is 0 Å². The van der Waals surface area contributed by atoms with Gasteiger partial charge >= 0.3 is 0 Å². The second-order valence-electron chi connectivity index (χ2n) is 3.74. The Bertz CT molecular complexity index is 414. The maximum atomic E-state index is 13.4. The minimum atomic E-state index is -0.939. The van der Waals surface area contributed by atoms with Crippen LogP contribution in [0.4, 0.5) is 8.78 Å². The number of likely N-dealkylation sites (N-methyl/N-ethyl adjacent to an activating group) is 1. The number of aliphatic hydroxyl groups is 1. The molecule has 0 radical (unpaired) electrons. The quantitative estimate of drug-likeness (QED) is 0.867. The number of nitrogens with zero attached hydrogens (tertiary/aromatic N) is 1. The van der Waals surface area contributed by atoms with E-state index in [0.29, 0.717) is 6.54 Å². The van der Waals surface area contributed by atoms with Gasteiger partial charge in [-0.25, -0.2) is 8.78 Å². The van der Waals surface area contributed by atoms with Crippen LogP contribution in [-0.2, 0) is 11.4 Å². The van der Waals surface area contributed by atoms with E-state index in [2.05, 4.69) is 0 Å². The molecule has 0 aromatic heterocycles. The van der Waals surface area contributed by atoms with Crippen molar-refractivity contribution in [3.05, 3.63) is 29.3 Å². The predicted molar refractivity (Wildman–Crippen MR) is 61.1 cm³/mol. The summed E-state index contributed by atoms with van der Waals surface area (Å²) >= 11 is 0. The number of carbonyl (C=O) groups excluding carboxylic acids is 1. The van der Waals surface area contributed by atoms with Gasteiger partial charge in [-0.2, -0.15) is 0 Å². The van der Waals surface area contributed by atoms with E-state index in [9.17, 15) is 13.6 Å². The summed E-state index contributed by atoms with van der Waals surface area (Å²) in [4.78, 5) is 12.8. The number of carbonyl (C=O) groups is 1. The second-order valence-corrected chi connectivity index (χ2v) is 3.74. The van der Waals surface area contributed by atoms with Gasteiger partial charge in [-0.05, 0) is 24.6 Å². The van der Waals surface area contributed by atoms with E-state index in [4.69, 9.17) is 9.84 Å². The van der Waals surface area contributed by atoms with Gasteiger partial charge < -0.3 is 14.7 Å². The fraction of sp³-hybridized carbons (Fsp3) is 0.417. The SMILES string of the molecule is CCN(C)C(=O)COc1c(F)cc(CO)cc1F. The first-order valence-electron chi connectivity index (χ1n) is 5.45. The van der Waals surface area contributed by atoms with Crippen molar-refractivity contribution in [3.8, 4) is 5.75 Å². The molecule has 0 aliphatic rings. The van der Waals surface area contributed by atoms with Crippen LogP contribution in [0.25, 0.3) is 0 Å². The summed E-state index contributed by atoms with van der Waals surface area (Å²) in [5, 5.41) is 8.77. The largest absolute Gasteiger partial charge is 0.478 e. The van der Waals surface area contributed by atoms with Crippen LogP contribution in [0, 0.1) is 11.6 Å². The van der Waals surface area contributed by atoms with Gasteiger partial charge in [0, 0.05) is 13.6 Å². The molecular formula is C12H15F2NO3. The number of amides is 1. The highest BCUT2D eigenvalue weighted by molar-refractivity contribution is 5.77. The zero-order chi connectivity index (χ0) is 13.7. The first-order valence-corrected chi connectivity index (χ1v) is 5.45. The summed E-state index contributed by atoms with van der Waals surface area (Å²) in [6.45, 7) is 1.36. The summed E-state index contributed by atoms with van der Waals surface area (Å²) in [6, 6.07) is 1.93. The van der Waals surface area contributed by atoms with E-state index in [0.717, 1.165) is 12.1 Å². The minimum absolute atomic E-state index is 0.106. The van der Waals surface area contributed by atoms with Crippen LogP contribution in [-0.4, -0.2) is 36.1 Å². The van der Waals surface area contributed by atoms with Crippen LogP contribution >= 0.6 is 0 Å². The summed E-state index contributed by atoms with van der Waals surface area (Å²) in [5.41, 5.74) is 0.106. The smallest absolute Gasteiger partial charge is 0.260 e. The molecule has 1 aromatic rings. The van der Waals surface area contributed by atoms with Gasteiger partial charge in [-0.15, -0.1) is 0 Å². The number of benzene rings is 1. The van der Waals surface area contributed by atoms with E-state index >= 15 is 0 Å². The number of rotatable bonds is 5. The lowest BCUT2D eigenvalue weighted by Crippen LogP contribution is -2.31. The first-order chi connectivity index (χ1) is 8.49. The third-order valence-corrected chi connectivity index (χ3v) is 2.48. The van der Waals surface area contributed by atoms with Crippen molar-refractivity contribution < 1.29 is 23.4 Å². The van der Waals surface area contributed by atoms with E-state index in [1.54, 1.807) is 14.0 Å². The van der Waals surface area contributed by atoms with Crippen LogP contribution in [0.5, 0.6) is 5.75 Å². The standard InChI is InChI=1S/C12H15F2NO3/c1-3-15(2)11(17)7-18-12-9(13)4-8(6-16)5-10(12)14/h4-5,16H,3,6-7H2,1-2H3. The summed E-state index contributed by atoms with van der Waals surface area (Å²) in [6.07, 6.45) is 0. The zero-order valence-electron chi connectivity index (χ0n) is 10.2. The molecule has 0 bridgehead atoms. The lowest BCUT2D eigenvalue weighted by Gasteiger charge is -2.15. The van der Waals surface area contributed by atoms with Gasteiger partial charge in [0.1, 0.15) is 0 Å². The Labute approximate surface area is 104 Å². The van der Waals surface area contributed by atoms with Crippen molar-refractivity contribution in [1.29, 1.82) is 0 Å². The highest BCUT2D eigenvalue weighted by atomic mass is 19.1. The molecule has 0 aliphatic heterocycles. The molecule has 1 aromatic carbocycles. The average Bonchev–Trinajstić information content (AvgIpc) is 2.36. The number of hydrogen-bond acceptors (Lipinski definition) is 3. The topological polar surface area (TPSA) is 49.8 Å². The lowest BCUT2D eigenvalue weighted by atomic mass is 10.2. The molecule has 0 unspecified atom stereocenters. The molecule has 18 heavy (non-hydrogen) atoms.